The zero-order chi connectivity index (χ0) is 16.4. The number of carbonyl (C=O) groups excluding carboxylic acids is 1. The molecule has 24 heavy (non-hydrogen) atoms. The molecule has 2 aromatic carbocycles. The molecule has 0 fully saturated rings. The molecule has 1 N–H and O–H groups in total. The van der Waals surface area contributed by atoms with Gasteiger partial charge in [0.15, 0.2) is 11.6 Å². The normalized spacial score (nSPS) is 10.7. The molecule has 2 heterocycles. The molecule has 0 saturated carbocycles. The second-order valence-electron chi connectivity index (χ2n) is 4.95. The Hall–Kier alpha value is -3.19. The Labute approximate surface area is 141 Å². The van der Waals surface area contributed by atoms with Gasteiger partial charge in [-0.25, -0.2) is 14.9 Å². The maximum absolute atomic E-state index is 11.5. The van der Waals surface area contributed by atoms with Gasteiger partial charge >= 0.3 is 0 Å². The standard InChI is InChI=1S/C17H12N4O2S/c22-11-21(15-9-24-10-18-15)17-19-13-7-4-8-14(16(13)20-17)23-12-5-2-1-3-6-12/h1-11H,(H,19,20). The van der Waals surface area contributed by atoms with Gasteiger partial charge in [-0.1, -0.05) is 24.3 Å². The van der Waals surface area contributed by atoms with E-state index >= 15 is 0 Å². The summed E-state index contributed by atoms with van der Waals surface area (Å²) in [6.45, 7) is 0. The molecule has 0 aliphatic rings. The van der Waals surface area contributed by atoms with Gasteiger partial charge in [0.2, 0.25) is 12.4 Å². The third-order valence-electron chi connectivity index (χ3n) is 3.43. The van der Waals surface area contributed by atoms with Crippen LogP contribution in [0.5, 0.6) is 11.5 Å². The minimum atomic E-state index is 0.398. The molecule has 7 heteroatoms. The van der Waals surface area contributed by atoms with Gasteiger partial charge in [-0.2, -0.15) is 0 Å². The first-order valence-electron chi connectivity index (χ1n) is 7.19. The van der Waals surface area contributed by atoms with Crippen molar-refractivity contribution in [3.05, 3.63) is 59.4 Å². The van der Waals surface area contributed by atoms with E-state index in [-0.39, 0.29) is 0 Å². The number of H-pyrrole nitrogens is 1. The van der Waals surface area contributed by atoms with Crippen molar-refractivity contribution in [2.24, 2.45) is 0 Å². The number of amides is 1. The summed E-state index contributed by atoms with van der Waals surface area (Å²) >= 11 is 1.41. The number of fused-ring (bicyclic) bond motifs is 1. The first kappa shape index (κ1) is 14.4. The van der Waals surface area contributed by atoms with Crippen molar-refractivity contribution in [3.8, 4) is 11.5 Å². The van der Waals surface area contributed by atoms with Crippen molar-refractivity contribution in [2.75, 3.05) is 4.90 Å². The second-order valence-corrected chi connectivity index (χ2v) is 5.67. The third-order valence-corrected chi connectivity index (χ3v) is 4.01. The van der Waals surface area contributed by atoms with E-state index in [0.717, 1.165) is 11.3 Å². The van der Waals surface area contributed by atoms with Gasteiger partial charge in [0, 0.05) is 5.38 Å². The fraction of sp³-hybridized carbons (Fsp3) is 0. The lowest BCUT2D eigenvalue weighted by Crippen LogP contribution is -2.15. The number of nitrogens with zero attached hydrogens (tertiary/aromatic N) is 3. The maximum atomic E-state index is 11.5. The van der Waals surface area contributed by atoms with Crippen LogP contribution in [0, 0.1) is 0 Å². The van der Waals surface area contributed by atoms with Crippen LogP contribution >= 0.6 is 11.3 Å². The summed E-state index contributed by atoms with van der Waals surface area (Å²) < 4.78 is 5.91. The minimum Gasteiger partial charge on any atom is -0.455 e. The first-order valence-corrected chi connectivity index (χ1v) is 8.14. The van der Waals surface area contributed by atoms with E-state index in [1.807, 2.05) is 48.5 Å². The highest BCUT2D eigenvalue weighted by Gasteiger charge is 2.16. The van der Waals surface area contributed by atoms with E-state index < -0.39 is 0 Å². The molecule has 0 aliphatic heterocycles. The number of benzene rings is 2. The monoisotopic (exact) mass is 336 g/mol. The number of hydrogen-bond acceptors (Lipinski definition) is 5. The predicted octanol–water partition coefficient (Wildman–Crippen LogP) is 4.11. The highest BCUT2D eigenvalue weighted by Crippen LogP contribution is 2.31. The van der Waals surface area contributed by atoms with Gasteiger partial charge in [-0.3, -0.25) is 4.79 Å². The molecular formula is C17H12N4O2S. The minimum absolute atomic E-state index is 0.398. The first-order chi connectivity index (χ1) is 11.8. The van der Waals surface area contributed by atoms with Crippen LogP contribution in [0.4, 0.5) is 11.8 Å². The molecular weight excluding hydrogens is 324 g/mol. The molecule has 118 valence electrons. The molecule has 1 amide bonds. The fourth-order valence-corrected chi connectivity index (χ4v) is 2.87. The molecule has 0 atom stereocenters. The number of hydrogen-bond donors (Lipinski definition) is 1. The zero-order valence-electron chi connectivity index (χ0n) is 12.4. The summed E-state index contributed by atoms with van der Waals surface area (Å²) in [5.74, 6) is 2.27. The van der Waals surface area contributed by atoms with Gasteiger partial charge < -0.3 is 9.72 Å². The van der Waals surface area contributed by atoms with Gasteiger partial charge in [-0.05, 0) is 24.3 Å². The number of imidazole rings is 1. The van der Waals surface area contributed by atoms with Gasteiger partial charge in [-0.15, -0.1) is 11.3 Å². The van der Waals surface area contributed by atoms with E-state index in [0.29, 0.717) is 29.4 Å². The molecule has 4 rings (SSSR count). The molecule has 0 radical (unpaired) electrons. The fourth-order valence-electron chi connectivity index (χ4n) is 2.34. The van der Waals surface area contributed by atoms with E-state index in [1.165, 1.54) is 16.2 Å². The third kappa shape index (κ3) is 2.61. The number of aromatic amines is 1. The van der Waals surface area contributed by atoms with Gasteiger partial charge in [0.1, 0.15) is 11.3 Å². The Kier molecular flexibility index (Phi) is 3.68. The summed E-state index contributed by atoms with van der Waals surface area (Å²) in [7, 11) is 0. The number of anilines is 2. The molecule has 6 nitrogen and oxygen atoms in total. The number of ether oxygens (including phenoxy) is 1. The number of carbonyl (C=O) groups is 1. The number of para-hydroxylation sites is 2. The second kappa shape index (κ2) is 6.13. The Morgan fingerprint density at radius 3 is 2.75 bits per heavy atom. The lowest BCUT2D eigenvalue weighted by Gasteiger charge is -2.09. The molecule has 2 aromatic heterocycles. The maximum Gasteiger partial charge on any atom is 0.222 e. The number of nitrogens with one attached hydrogen (secondary N) is 1. The summed E-state index contributed by atoms with van der Waals surface area (Å²) in [5.41, 5.74) is 3.09. The zero-order valence-corrected chi connectivity index (χ0v) is 13.2. The van der Waals surface area contributed by atoms with Crippen LogP contribution < -0.4 is 9.64 Å². The van der Waals surface area contributed by atoms with Crippen LogP contribution in [0.25, 0.3) is 11.0 Å². The number of rotatable bonds is 5. The predicted molar refractivity (Wildman–Crippen MR) is 92.9 cm³/mol. The Bertz CT molecular complexity index is 967. The highest BCUT2D eigenvalue weighted by molar-refractivity contribution is 7.07. The van der Waals surface area contributed by atoms with Crippen LogP contribution in [0.3, 0.4) is 0 Å². The van der Waals surface area contributed by atoms with E-state index in [1.54, 1.807) is 10.9 Å². The van der Waals surface area contributed by atoms with Crippen molar-refractivity contribution in [2.45, 2.75) is 0 Å². The number of aromatic nitrogens is 3. The van der Waals surface area contributed by atoms with Crippen molar-refractivity contribution in [3.63, 3.8) is 0 Å². The van der Waals surface area contributed by atoms with Crippen molar-refractivity contribution >= 4 is 40.5 Å². The molecule has 0 unspecified atom stereocenters. The Balaban J connectivity index is 1.75. The Morgan fingerprint density at radius 1 is 1.12 bits per heavy atom. The van der Waals surface area contributed by atoms with Crippen LogP contribution in [-0.4, -0.2) is 21.4 Å². The molecule has 0 aliphatic carbocycles. The Morgan fingerprint density at radius 2 is 2.00 bits per heavy atom. The quantitative estimate of drug-likeness (QED) is 0.557. The van der Waals surface area contributed by atoms with Crippen LogP contribution in [0.1, 0.15) is 0 Å². The molecule has 0 saturated heterocycles. The molecule has 0 spiro atoms. The number of thiazole rings is 1. The van der Waals surface area contributed by atoms with Crippen LogP contribution in [0.15, 0.2) is 59.4 Å². The lowest BCUT2D eigenvalue weighted by molar-refractivity contribution is -0.106. The van der Waals surface area contributed by atoms with Crippen molar-refractivity contribution in [1.29, 1.82) is 0 Å². The van der Waals surface area contributed by atoms with E-state index in [2.05, 4.69) is 15.0 Å². The largest absolute Gasteiger partial charge is 0.455 e. The van der Waals surface area contributed by atoms with Gasteiger partial charge in [0.25, 0.3) is 0 Å². The van der Waals surface area contributed by atoms with Gasteiger partial charge in [0.05, 0.1) is 11.0 Å². The lowest BCUT2D eigenvalue weighted by atomic mass is 10.3. The SMILES string of the molecule is O=CN(c1cscn1)c1nc2c(Oc3ccccc3)cccc2[nH]1. The smallest absolute Gasteiger partial charge is 0.222 e. The van der Waals surface area contributed by atoms with Crippen molar-refractivity contribution < 1.29 is 9.53 Å². The summed E-state index contributed by atoms with van der Waals surface area (Å²) in [6.07, 6.45) is 0.685. The van der Waals surface area contributed by atoms with Crippen LogP contribution in [0.2, 0.25) is 0 Å². The average Bonchev–Trinajstić information content (AvgIpc) is 3.27. The molecule has 0 bridgehead atoms. The van der Waals surface area contributed by atoms with Crippen LogP contribution in [-0.2, 0) is 4.79 Å². The summed E-state index contributed by atoms with van der Waals surface area (Å²) in [5, 5.41) is 1.78. The summed E-state index contributed by atoms with van der Waals surface area (Å²) in [6, 6.07) is 15.1. The van der Waals surface area contributed by atoms with Crippen molar-refractivity contribution in [1.82, 2.24) is 15.0 Å². The highest BCUT2D eigenvalue weighted by atomic mass is 32.1. The summed E-state index contributed by atoms with van der Waals surface area (Å²) in [4.78, 5) is 24.6. The van der Waals surface area contributed by atoms with E-state index in [9.17, 15) is 4.79 Å². The average molecular weight is 336 g/mol. The topological polar surface area (TPSA) is 71.1 Å². The molecule has 4 aromatic rings. The van der Waals surface area contributed by atoms with E-state index in [4.69, 9.17) is 4.74 Å².